The third-order valence-electron chi connectivity index (χ3n) is 0.918. The monoisotopic (exact) mass is 241 g/mol. The summed E-state index contributed by atoms with van der Waals surface area (Å²) in [7, 11) is 0. The summed E-state index contributed by atoms with van der Waals surface area (Å²) in [5.41, 5.74) is -0.185. The van der Waals surface area contributed by atoms with E-state index in [1.54, 1.807) is 0 Å². The van der Waals surface area contributed by atoms with E-state index in [1.807, 2.05) is 20.8 Å². The van der Waals surface area contributed by atoms with Gasteiger partial charge >= 0.3 is 0 Å². The first-order valence-electron chi connectivity index (χ1n) is 3.39. The number of hydrogen-bond acceptors (Lipinski definition) is 1. The topological polar surface area (TPSA) is 29.1 Å². The molecule has 0 fully saturated rings. The zero-order valence-electron chi connectivity index (χ0n) is 6.95. The summed E-state index contributed by atoms with van der Waals surface area (Å²) in [6.07, 6.45) is 0. The van der Waals surface area contributed by atoms with Gasteiger partial charge in [0.25, 0.3) is 0 Å². The van der Waals surface area contributed by atoms with E-state index in [1.165, 1.54) is 0 Å². The predicted octanol–water partition coefficient (Wildman–Crippen LogP) is 1.90. The third kappa shape index (κ3) is 5.50. The molecule has 0 aliphatic heterocycles. The molecular formula is C7H13BrClNO. The Bertz CT molecular complexity index is 144. The smallest absolute Gasteiger partial charge is 0.235 e. The molecule has 0 aromatic carbocycles. The molecule has 0 aliphatic rings. The van der Waals surface area contributed by atoms with Gasteiger partial charge in [-0.05, 0) is 20.8 Å². The van der Waals surface area contributed by atoms with Gasteiger partial charge in [-0.15, -0.1) is 11.6 Å². The van der Waals surface area contributed by atoms with Gasteiger partial charge in [-0.2, -0.15) is 0 Å². The Morgan fingerprint density at radius 2 is 2.09 bits per heavy atom. The Labute approximate surface area is 80.8 Å². The van der Waals surface area contributed by atoms with Gasteiger partial charge in [0.15, 0.2) is 0 Å². The summed E-state index contributed by atoms with van der Waals surface area (Å²) in [5.74, 6) is 0.231. The van der Waals surface area contributed by atoms with Crippen LogP contribution in [0.2, 0.25) is 0 Å². The molecule has 0 saturated heterocycles. The molecule has 0 heterocycles. The molecule has 1 unspecified atom stereocenters. The van der Waals surface area contributed by atoms with Gasteiger partial charge < -0.3 is 5.32 Å². The summed E-state index contributed by atoms with van der Waals surface area (Å²) in [4.78, 5) is 10.9. The maximum Gasteiger partial charge on any atom is 0.235 e. The van der Waals surface area contributed by atoms with E-state index in [0.717, 1.165) is 0 Å². The summed E-state index contributed by atoms with van der Waals surface area (Å²) < 4.78 is 0. The summed E-state index contributed by atoms with van der Waals surface area (Å²) in [6.45, 7) is 5.79. The second-order valence-corrected chi connectivity index (χ2v) is 4.78. The van der Waals surface area contributed by atoms with Gasteiger partial charge in [0, 0.05) is 11.4 Å². The van der Waals surface area contributed by atoms with Crippen LogP contribution in [0.4, 0.5) is 0 Å². The highest BCUT2D eigenvalue weighted by molar-refractivity contribution is 9.10. The molecule has 1 N–H and O–H groups in total. The first-order chi connectivity index (χ1) is 4.87. The Balaban J connectivity index is 3.88. The Morgan fingerprint density at radius 3 is 2.36 bits per heavy atom. The van der Waals surface area contributed by atoms with E-state index in [4.69, 9.17) is 11.6 Å². The average molecular weight is 243 g/mol. The first kappa shape index (κ1) is 11.2. The van der Waals surface area contributed by atoms with E-state index in [-0.39, 0.29) is 16.3 Å². The van der Waals surface area contributed by atoms with Crippen LogP contribution in [-0.4, -0.2) is 22.2 Å². The fourth-order valence-electron chi connectivity index (χ4n) is 0.518. The van der Waals surface area contributed by atoms with Crippen LogP contribution in [0.25, 0.3) is 0 Å². The van der Waals surface area contributed by atoms with Gasteiger partial charge in [-0.25, -0.2) is 0 Å². The minimum absolute atomic E-state index is 0.0625. The van der Waals surface area contributed by atoms with Gasteiger partial charge in [-0.3, -0.25) is 4.79 Å². The van der Waals surface area contributed by atoms with Crippen molar-refractivity contribution in [2.75, 3.05) is 5.88 Å². The van der Waals surface area contributed by atoms with E-state index in [0.29, 0.717) is 5.88 Å². The van der Waals surface area contributed by atoms with Crippen LogP contribution in [0.15, 0.2) is 0 Å². The van der Waals surface area contributed by atoms with E-state index in [9.17, 15) is 4.79 Å². The third-order valence-corrected chi connectivity index (χ3v) is 2.34. The van der Waals surface area contributed by atoms with Crippen LogP contribution in [0.1, 0.15) is 20.8 Å². The van der Waals surface area contributed by atoms with E-state index < -0.39 is 0 Å². The Morgan fingerprint density at radius 1 is 1.64 bits per heavy atom. The van der Waals surface area contributed by atoms with Crippen molar-refractivity contribution in [3.05, 3.63) is 0 Å². The molecule has 0 aromatic heterocycles. The molecule has 1 atom stereocenters. The number of carbonyl (C=O) groups is 1. The molecule has 0 aliphatic carbocycles. The van der Waals surface area contributed by atoms with Crippen molar-refractivity contribution >= 4 is 33.4 Å². The molecule has 0 spiro atoms. The molecule has 0 bridgehead atoms. The minimum Gasteiger partial charge on any atom is -0.350 e. The van der Waals surface area contributed by atoms with Crippen LogP contribution in [0.3, 0.4) is 0 Å². The average Bonchev–Trinajstić information content (AvgIpc) is 1.82. The first-order valence-corrected chi connectivity index (χ1v) is 4.84. The van der Waals surface area contributed by atoms with Crippen LogP contribution >= 0.6 is 27.5 Å². The van der Waals surface area contributed by atoms with Gasteiger partial charge in [0.1, 0.15) is 4.83 Å². The maximum atomic E-state index is 11.1. The van der Waals surface area contributed by atoms with Crippen LogP contribution in [0.5, 0.6) is 0 Å². The minimum atomic E-state index is -0.289. The van der Waals surface area contributed by atoms with Crippen molar-refractivity contribution in [3.63, 3.8) is 0 Å². The van der Waals surface area contributed by atoms with Crippen molar-refractivity contribution in [3.8, 4) is 0 Å². The summed E-state index contributed by atoms with van der Waals surface area (Å²) >= 11 is 8.62. The molecule has 1 amide bonds. The molecule has 0 aromatic rings. The standard InChI is InChI=1S/C7H13BrClNO/c1-7(2,3)10-6(11)5(8)4-9/h5H,4H2,1-3H3,(H,10,11). The highest BCUT2D eigenvalue weighted by atomic mass is 79.9. The van der Waals surface area contributed by atoms with Crippen molar-refractivity contribution < 1.29 is 4.79 Å². The largest absolute Gasteiger partial charge is 0.350 e. The number of halogens is 2. The zero-order chi connectivity index (χ0) is 9.07. The number of rotatable bonds is 2. The lowest BCUT2D eigenvalue weighted by Gasteiger charge is -2.21. The van der Waals surface area contributed by atoms with Crippen LogP contribution < -0.4 is 5.32 Å². The fourth-order valence-corrected chi connectivity index (χ4v) is 0.773. The maximum absolute atomic E-state index is 11.1. The van der Waals surface area contributed by atoms with Crippen molar-refractivity contribution in [2.24, 2.45) is 0 Å². The number of carbonyl (C=O) groups excluding carboxylic acids is 1. The van der Waals surface area contributed by atoms with Crippen LogP contribution in [0, 0.1) is 0 Å². The molecule has 4 heteroatoms. The van der Waals surface area contributed by atoms with Gasteiger partial charge in [0.05, 0.1) is 0 Å². The predicted molar refractivity (Wildman–Crippen MR) is 51.3 cm³/mol. The normalized spacial score (nSPS) is 14.3. The number of amides is 1. The van der Waals surface area contributed by atoms with Gasteiger partial charge in [-0.1, -0.05) is 15.9 Å². The highest BCUT2D eigenvalue weighted by Crippen LogP contribution is 2.05. The SMILES string of the molecule is CC(C)(C)NC(=O)C(Br)CCl. The second kappa shape index (κ2) is 4.31. The van der Waals surface area contributed by atoms with Crippen molar-refractivity contribution in [2.45, 2.75) is 31.1 Å². The molecule has 0 rings (SSSR count). The van der Waals surface area contributed by atoms with Crippen molar-refractivity contribution in [1.82, 2.24) is 5.32 Å². The zero-order valence-corrected chi connectivity index (χ0v) is 9.29. The summed E-state index contributed by atoms with van der Waals surface area (Å²) in [6, 6.07) is 0. The quantitative estimate of drug-likeness (QED) is 0.737. The Kier molecular flexibility index (Phi) is 4.41. The molecular weight excluding hydrogens is 229 g/mol. The van der Waals surface area contributed by atoms with E-state index >= 15 is 0 Å². The van der Waals surface area contributed by atoms with Crippen LogP contribution in [-0.2, 0) is 4.79 Å². The van der Waals surface area contributed by atoms with Gasteiger partial charge in [0.2, 0.25) is 5.91 Å². The fraction of sp³-hybridized carbons (Fsp3) is 0.857. The number of nitrogens with one attached hydrogen (secondary N) is 1. The molecule has 0 radical (unpaired) electrons. The second-order valence-electron chi connectivity index (χ2n) is 3.36. The number of hydrogen-bond donors (Lipinski definition) is 1. The Hall–Kier alpha value is 0.240. The lowest BCUT2D eigenvalue weighted by atomic mass is 10.1. The number of alkyl halides is 2. The lowest BCUT2D eigenvalue weighted by Crippen LogP contribution is -2.44. The van der Waals surface area contributed by atoms with Crippen molar-refractivity contribution in [1.29, 1.82) is 0 Å². The van der Waals surface area contributed by atoms with E-state index in [2.05, 4.69) is 21.2 Å². The molecule has 66 valence electrons. The molecule has 11 heavy (non-hydrogen) atoms. The molecule has 2 nitrogen and oxygen atoms in total. The highest BCUT2D eigenvalue weighted by Gasteiger charge is 2.19. The lowest BCUT2D eigenvalue weighted by molar-refractivity contribution is -0.121. The molecule has 0 saturated carbocycles. The summed E-state index contributed by atoms with van der Waals surface area (Å²) in [5, 5.41) is 2.80.